The van der Waals surface area contributed by atoms with Crippen LogP contribution in [-0.4, -0.2) is 46.1 Å². The molecule has 156 valence electrons. The van der Waals surface area contributed by atoms with Gasteiger partial charge in [0.15, 0.2) is 18.0 Å². The average Bonchev–Trinajstić information content (AvgIpc) is 2.88. The molecule has 2 saturated carbocycles. The lowest BCUT2D eigenvalue weighted by molar-refractivity contribution is -0.174. The fourth-order valence-corrected chi connectivity index (χ4v) is 6.33. The smallest absolute Gasteiger partial charge is 0.303 e. The van der Waals surface area contributed by atoms with E-state index in [0.717, 1.165) is 18.4 Å². The van der Waals surface area contributed by atoms with E-state index in [1.54, 1.807) is 12.2 Å². The van der Waals surface area contributed by atoms with Gasteiger partial charge in [-0.05, 0) is 56.6 Å². The Balaban J connectivity index is 1.71. The van der Waals surface area contributed by atoms with Crippen LogP contribution in [0.4, 0.5) is 0 Å². The number of aliphatic hydroxyl groups excluding tert-OH is 1. The van der Waals surface area contributed by atoms with E-state index in [9.17, 15) is 24.6 Å². The third-order valence-corrected chi connectivity index (χ3v) is 8.00. The first-order valence-electron chi connectivity index (χ1n) is 10.3. The van der Waals surface area contributed by atoms with Gasteiger partial charge in [0.25, 0.3) is 0 Å². The third kappa shape index (κ3) is 2.65. The predicted octanol–water partition coefficient (Wildman–Crippen LogP) is 2.05. The number of Topliss-reactive ketones (excluding diaryl/α,β-unsaturated/α-hetero) is 1. The first kappa shape index (κ1) is 20.2. The monoisotopic (exact) mass is 400 g/mol. The van der Waals surface area contributed by atoms with E-state index >= 15 is 0 Å². The summed E-state index contributed by atoms with van der Waals surface area (Å²) in [6.07, 6.45) is 8.54. The first-order valence-corrected chi connectivity index (χ1v) is 10.3. The molecule has 4 aliphatic carbocycles. The van der Waals surface area contributed by atoms with E-state index in [1.165, 1.54) is 12.5 Å². The molecule has 0 radical (unpaired) electrons. The van der Waals surface area contributed by atoms with Gasteiger partial charge in [-0.25, -0.2) is 0 Å². The van der Waals surface area contributed by atoms with Gasteiger partial charge in [-0.1, -0.05) is 30.2 Å². The molecule has 6 atom stereocenters. The van der Waals surface area contributed by atoms with E-state index in [1.807, 2.05) is 13.0 Å². The summed E-state index contributed by atoms with van der Waals surface area (Å²) in [5, 5.41) is 22.2. The molecule has 0 spiro atoms. The van der Waals surface area contributed by atoms with E-state index in [-0.39, 0.29) is 23.0 Å². The maximum absolute atomic E-state index is 12.9. The van der Waals surface area contributed by atoms with Crippen LogP contribution in [0.15, 0.2) is 35.5 Å². The highest BCUT2D eigenvalue weighted by atomic mass is 16.5. The van der Waals surface area contributed by atoms with E-state index in [4.69, 9.17) is 4.74 Å². The molecule has 2 N–H and O–H groups in total. The topological polar surface area (TPSA) is 101 Å². The predicted molar refractivity (Wildman–Crippen MR) is 105 cm³/mol. The molecule has 2 fully saturated rings. The number of esters is 1. The van der Waals surface area contributed by atoms with Gasteiger partial charge in [0.2, 0.25) is 5.78 Å². The number of carbonyl (C=O) groups is 3. The zero-order chi connectivity index (χ0) is 21.2. The number of hydrogen-bond donors (Lipinski definition) is 2. The largest absolute Gasteiger partial charge is 0.458 e. The lowest BCUT2D eigenvalue weighted by atomic mass is 9.51. The number of ketones is 2. The Kier molecular flexibility index (Phi) is 4.52. The molecule has 6 nitrogen and oxygen atoms in total. The van der Waals surface area contributed by atoms with Gasteiger partial charge < -0.3 is 14.9 Å². The number of aliphatic hydroxyl groups is 2. The minimum atomic E-state index is -1.95. The molecule has 0 aliphatic heterocycles. The average molecular weight is 400 g/mol. The third-order valence-electron chi connectivity index (χ3n) is 8.00. The summed E-state index contributed by atoms with van der Waals surface area (Å²) in [6.45, 7) is 4.65. The van der Waals surface area contributed by atoms with E-state index < -0.39 is 35.5 Å². The highest BCUT2D eigenvalue weighted by Gasteiger charge is 2.68. The molecular weight excluding hydrogens is 372 g/mol. The Morgan fingerprint density at radius 3 is 2.72 bits per heavy atom. The summed E-state index contributed by atoms with van der Waals surface area (Å²) >= 11 is 0. The molecule has 29 heavy (non-hydrogen) atoms. The van der Waals surface area contributed by atoms with Crippen molar-refractivity contribution >= 4 is 17.5 Å². The van der Waals surface area contributed by atoms with Crippen molar-refractivity contribution in [1.82, 2.24) is 0 Å². The lowest BCUT2D eigenvalue weighted by Gasteiger charge is -2.53. The van der Waals surface area contributed by atoms with Crippen molar-refractivity contribution in [2.24, 2.45) is 22.7 Å². The zero-order valence-electron chi connectivity index (χ0n) is 17.1. The lowest BCUT2D eigenvalue weighted by Crippen LogP contribution is -2.59. The van der Waals surface area contributed by atoms with Crippen molar-refractivity contribution in [3.8, 4) is 0 Å². The molecule has 0 aromatic carbocycles. The molecule has 0 bridgehead atoms. The molecule has 6 heteroatoms. The molecule has 4 rings (SSSR count). The van der Waals surface area contributed by atoms with Crippen LogP contribution < -0.4 is 0 Å². The van der Waals surface area contributed by atoms with Crippen molar-refractivity contribution in [3.63, 3.8) is 0 Å². The molecule has 0 unspecified atom stereocenters. The molecule has 0 heterocycles. The summed E-state index contributed by atoms with van der Waals surface area (Å²) in [7, 11) is 0. The summed E-state index contributed by atoms with van der Waals surface area (Å²) in [5.74, 6) is -1.20. The quantitative estimate of drug-likeness (QED) is 0.555. The standard InChI is InChI=1S/C23H28O6/c1-13(24)29-12-20(27)23(28)19(26)11-18-16-5-4-14-10-15(25)6-8-21(14,2)17(16)7-9-22(18,23)3/h6-8,10,16,18-19,26,28H,4-5,9,11-12H2,1-3H3/t16-,18-,19-,21+,22-,23+/m1/s1. The van der Waals surface area contributed by atoms with Crippen molar-refractivity contribution < 1.29 is 29.3 Å². The van der Waals surface area contributed by atoms with Gasteiger partial charge in [-0.2, -0.15) is 0 Å². The van der Waals surface area contributed by atoms with Crippen molar-refractivity contribution in [1.29, 1.82) is 0 Å². The van der Waals surface area contributed by atoms with Crippen LogP contribution in [0.5, 0.6) is 0 Å². The van der Waals surface area contributed by atoms with Crippen LogP contribution in [0, 0.1) is 22.7 Å². The molecule has 0 aromatic rings. The molecule has 0 amide bonds. The second-order valence-corrected chi connectivity index (χ2v) is 9.36. The van der Waals surface area contributed by atoms with Crippen LogP contribution in [-0.2, 0) is 19.1 Å². The second kappa shape index (κ2) is 6.47. The fourth-order valence-electron chi connectivity index (χ4n) is 6.33. The van der Waals surface area contributed by atoms with Gasteiger partial charge >= 0.3 is 5.97 Å². The number of rotatable bonds is 3. The van der Waals surface area contributed by atoms with Crippen molar-refractivity contribution in [2.45, 2.75) is 58.2 Å². The van der Waals surface area contributed by atoms with Crippen LogP contribution >= 0.6 is 0 Å². The first-order chi connectivity index (χ1) is 13.5. The maximum Gasteiger partial charge on any atom is 0.303 e. The Morgan fingerprint density at radius 2 is 2.03 bits per heavy atom. The maximum atomic E-state index is 12.9. The minimum Gasteiger partial charge on any atom is -0.458 e. The number of hydrogen-bond acceptors (Lipinski definition) is 6. The molecule has 4 aliphatic rings. The van der Waals surface area contributed by atoms with E-state index in [2.05, 4.69) is 13.0 Å². The molecule has 0 saturated heterocycles. The fraction of sp³-hybridized carbons (Fsp3) is 0.609. The van der Waals surface area contributed by atoms with E-state index in [0.29, 0.717) is 12.8 Å². The summed E-state index contributed by atoms with van der Waals surface area (Å²) in [4.78, 5) is 35.8. The Morgan fingerprint density at radius 1 is 1.31 bits per heavy atom. The Labute approximate surface area is 170 Å². The van der Waals surface area contributed by atoms with Crippen LogP contribution in [0.1, 0.15) is 46.5 Å². The number of carbonyl (C=O) groups excluding carboxylic acids is 3. The van der Waals surface area contributed by atoms with Gasteiger partial charge in [0, 0.05) is 17.8 Å². The van der Waals surface area contributed by atoms with Crippen LogP contribution in [0.25, 0.3) is 0 Å². The van der Waals surface area contributed by atoms with Crippen LogP contribution in [0.3, 0.4) is 0 Å². The Hall–Kier alpha value is -2.05. The Bertz CT molecular complexity index is 882. The molecular formula is C23H28O6. The zero-order valence-corrected chi connectivity index (χ0v) is 17.1. The second-order valence-electron chi connectivity index (χ2n) is 9.36. The summed E-state index contributed by atoms with van der Waals surface area (Å²) in [5.41, 5.74) is -0.805. The SMILES string of the molecule is CC(=O)OCC(=O)[C@@]1(O)[C@H](O)C[C@@H]2[C@@H]3CCC4=CC(=O)C=C[C@]4(C)C3=CC[C@]21C. The molecule has 0 aromatic heterocycles. The van der Waals surface area contributed by atoms with Gasteiger partial charge in [0.1, 0.15) is 0 Å². The number of ether oxygens (including phenoxy) is 1. The van der Waals surface area contributed by atoms with Gasteiger partial charge in [-0.3, -0.25) is 14.4 Å². The number of allylic oxidation sites excluding steroid dienone is 6. The van der Waals surface area contributed by atoms with Crippen molar-refractivity contribution in [3.05, 3.63) is 35.5 Å². The highest BCUT2D eigenvalue weighted by molar-refractivity contribution is 6.01. The minimum absolute atomic E-state index is 0.0129. The van der Waals surface area contributed by atoms with Crippen molar-refractivity contribution in [2.75, 3.05) is 6.61 Å². The van der Waals surface area contributed by atoms with Gasteiger partial charge in [0.05, 0.1) is 6.10 Å². The number of fused-ring (bicyclic) bond motifs is 5. The summed E-state index contributed by atoms with van der Waals surface area (Å²) in [6, 6.07) is 0. The normalized spacial score (nSPS) is 42.9. The highest BCUT2D eigenvalue weighted by Crippen LogP contribution is 2.65. The van der Waals surface area contributed by atoms with Crippen LogP contribution in [0.2, 0.25) is 0 Å². The summed E-state index contributed by atoms with van der Waals surface area (Å²) < 4.78 is 4.83. The van der Waals surface area contributed by atoms with Gasteiger partial charge in [-0.15, -0.1) is 0 Å².